The second kappa shape index (κ2) is 18.7. The maximum absolute atomic E-state index is 13.3. The van der Waals surface area contributed by atoms with Crippen LogP contribution in [0.2, 0.25) is 23.3 Å². The van der Waals surface area contributed by atoms with E-state index in [2.05, 4.69) is 119 Å². The molecule has 0 saturated carbocycles. The van der Waals surface area contributed by atoms with E-state index in [0.29, 0.717) is 34.3 Å². The molecule has 5 atom stereocenters. The summed E-state index contributed by atoms with van der Waals surface area (Å²) in [7, 11) is -2.33. The van der Waals surface area contributed by atoms with Crippen LogP contribution in [0.15, 0.2) is 177 Å². The maximum atomic E-state index is 13.3. The number of hydrogen-bond acceptors (Lipinski definition) is 6. The third-order valence-electron chi connectivity index (χ3n) is 15.2. The molecule has 11 rings (SSSR count). The van der Waals surface area contributed by atoms with E-state index in [-0.39, 0.29) is 16.8 Å². The van der Waals surface area contributed by atoms with Crippen molar-refractivity contribution in [3.05, 3.63) is 193 Å². The lowest BCUT2D eigenvalue weighted by atomic mass is 9.71. The predicted molar refractivity (Wildman–Crippen MR) is 282 cm³/mol. The summed E-state index contributed by atoms with van der Waals surface area (Å²) in [6.07, 6.45) is 5.37. The smallest absolute Gasteiger partial charge is 0.250 e. The van der Waals surface area contributed by atoms with Crippen LogP contribution >= 0.6 is 11.6 Å². The third kappa shape index (κ3) is 9.09. The van der Waals surface area contributed by atoms with Gasteiger partial charge in [-0.15, -0.1) is 12.3 Å². The van der Waals surface area contributed by atoms with Gasteiger partial charge in [-0.3, -0.25) is 4.98 Å². The Balaban J connectivity index is 1.19. The van der Waals surface area contributed by atoms with Gasteiger partial charge in [0.1, 0.15) is 23.5 Å². The second-order valence-electron chi connectivity index (χ2n) is 20.5. The Hall–Kier alpha value is -6.58. The van der Waals surface area contributed by atoms with Crippen LogP contribution in [0.5, 0.6) is 17.4 Å². The Bertz CT molecular complexity index is 3070. The van der Waals surface area contributed by atoms with Gasteiger partial charge in [0.25, 0.3) is 8.32 Å². The third-order valence-corrected chi connectivity index (χ3v) is 19.8. The van der Waals surface area contributed by atoms with Gasteiger partial charge >= 0.3 is 0 Å². The fourth-order valence-corrected chi connectivity index (χ4v) is 11.9. The number of ether oxygens (including phenoxy) is 1. The molecule has 3 aliphatic heterocycles. The summed E-state index contributed by atoms with van der Waals surface area (Å²) in [6, 6.07) is 53.1. The van der Waals surface area contributed by atoms with Crippen LogP contribution in [0.4, 0.5) is 0 Å². The van der Waals surface area contributed by atoms with Gasteiger partial charge in [-0.1, -0.05) is 172 Å². The number of nitrogens with zero attached hydrogens (tertiary/aromatic N) is 4. The van der Waals surface area contributed by atoms with Gasteiger partial charge in [-0.2, -0.15) is 4.98 Å². The summed E-state index contributed by atoms with van der Waals surface area (Å²) in [5.74, 6) is 2.41. The molecule has 6 aromatic carbocycles. The van der Waals surface area contributed by atoms with E-state index in [4.69, 9.17) is 35.7 Å². The molecule has 0 N–H and O–H groups in total. The summed E-state index contributed by atoms with van der Waals surface area (Å²) in [5.41, 5.74) is 9.54. The maximum Gasteiger partial charge on any atom is 0.250 e. The molecule has 348 valence electrons. The topological polar surface area (TPSA) is 80.2 Å². The molecule has 4 unspecified atom stereocenters. The van der Waals surface area contributed by atoms with Crippen LogP contribution in [0.1, 0.15) is 50.8 Å². The van der Waals surface area contributed by atoms with Crippen molar-refractivity contribution in [3.8, 4) is 62.1 Å². The first kappa shape index (κ1) is 46.2. The van der Waals surface area contributed by atoms with Crippen molar-refractivity contribution in [2.24, 2.45) is 11.8 Å². The number of quaternary nitrogens is 1. The predicted octanol–water partition coefficient (Wildman–Crippen LogP) is 14.5. The highest BCUT2D eigenvalue weighted by Gasteiger charge is 2.55. The Labute approximate surface area is 412 Å². The van der Waals surface area contributed by atoms with E-state index in [1.165, 1.54) is 5.56 Å². The van der Waals surface area contributed by atoms with Crippen molar-refractivity contribution in [2.75, 3.05) is 13.1 Å². The quantitative estimate of drug-likeness (QED) is 0.0496. The summed E-state index contributed by atoms with van der Waals surface area (Å²) in [5, 5.41) is 14.4. The zero-order chi connectivity index (χ0) is 47.9. The monoisotopic (exact) mass is 946 g/mol. The van der Waals surface area contributed by atoms with Gasteiger partial charge in [0.2, 0.25) is 5.88 Å². The fourth-order valence-electron chi connectivity index (χ4n) is 10.6. The van der Waals surface area contributed by atoms with Crippen LogP contribution in [0.3, 0.4) is 0 Å². The number of aromatic nitrogens is 3. The van der Waals surface area contributed by atoms with Crippen LogP contribution < -0.4 is 14.3 Å². The highest BCUT2D eigenvalue weighted by molar-refractivity contribution is 6.74. The zero-order valence-electron chi connectivity index (χ0n) is 40.1. The number of piperidine rings is 3. The number of rotatable bonds is 13. The van der Waals surface area contributed by atoms with Crippen LogP contribution in [0, 0.1) is 11.8 Å². The fraction of sp³-hybridized carbons (Fsp3) is 0.250. The van der Waals surface area contributed by atoms with Gasteiger partial charge < -0.3 is 18.8 Å². The van der Waals surface area contributed by atoms with Gasteiger partial charge in [0.05, 0.1) is 24.2 Å². The van der Waals surface area contributed by atoms with Crippen molar-refractivity contribution in [1.29, 1.82) is 0 Å². The van der Waals surface area contributed by atoms with Crippen molar-refractivity contribution < 1.29 is 18.8 Å². The Kier molecular flexibility index (Phi) is 12.5. The molecule has 3 fully saturated rings. The summed E-state index contributed by atoms with van der Waals surface area (Å²) in [6.45, 7) is 18.5. The number of pyridine rings is 1. The SMILES string of the molecule is C=CC1C[N+]2(Cc3cc(-c4ccccc4)c(O[Si](C)(C)C(C)(C)C)c(-c4ccccc4)c3)CCC1CC2[C@@H](Oc1nc(-c2ccccc2)nc(Cl)c1-c1ccccc1)c1ccnc2ccc([O-])cc12. The Morgan fingerprint density at radius 1 is 0.783 bits per heavy atom. The van der Waals surface area contributed by atoms with Gasteiger partial charge in [-0.25, -0.2) is 4.98 Å². The molecule has 0 aliphatic carbocycles. The molecule has 9 heteroatoms. The van der Waals surface area contributed by atoms with E-state index in [9.17, 15) is 5.11 Å². The largest absolute Gasteiger partial charge is 0.872 e. The number of fused-ring (bicyclic) bond motifs is 4. The van der Waals surface area contributed by atoms with Crippen LogP contribution in [-0.2, 0) is 6.54 Å². The minimum atomic E-state index is -2.33. The first-order valence-corrected chi connectivity index (χ1v) is 27.5. The summed E-state index contributed by atoms with van der Waals surface area (Å²) < 4.78 is 15.9. The lowest BCUT2D eigenvalue weighted by Gasteiger charge is -2.58. The average molecular weight is 948 g/mol. The van der Waals surface area contributed by atoms with E-state index in [1.54, 1.807) is 12.1 Å². The normalized spacial score (nSPS) is 19.5. The molecule has 2 aromatic heterocycles. The molecule has 0 amide bonds. The van der Waals surface area contributed by atoms with Gasteiger partial charge in [0, 0.05) is 58.2 Å². The molecule has 8 aromatic rings. The van der Waals surface area contributed by atoms with E-state index in [1.807, 2.05) is 79.0 Å². The molecule has 5 heterocycles. The lowest BCUT2D eigenvalue weighted by molar-refractivity contribution is -0.984. The van der Waals surface area contributed by atoms with E-state index < -0.39 is 14.4 Å². The van der Waals surface area contributed by atoms with Gasteiger partial charge in [-0.05, 0) is 65.0 Å². The highest BCUT2D eigenvalue weighted by Crippen LogP contribution is 2.52. The van der Waals surface area contributed by atoms with Crippen molar-refractivity contribution >= 4 is 30.8 Å². The first-order valence-electron chi connectivity index (χ1n) is 24.2. The van der Waals surface area contributed by atoms with Crippen LogP contribution in [-0.4, -0.2) is 46.9 Å². The lowest BCUT2D eigenvalue weighted by Crippen LogP contribution is -2.68. The van der Waals surface area contributed by atoms with E-state index in [0.717, 1.165) is 92.6 Å². The number of halogens is 1. The molecular weight excluding hydrogens is 888 g/mol. The van der Waals surface area contributed by atoms with Crippen molar-refractivity contribution in [3.63, 3.8) is 0 Å². The van der Waals surface area contributed by atoms with Gasteiger partial charge in [0.15, 0.2) is 11.9 Å². The minimum Gasteiger partial charge on any atom is -0.872 e. The van der Waals surface area contributed by atoms with Crippen molar-refractivity contribution in [2.45, 2.75) is 70.4 Å². The Morgan fingerprint density at radius 2 is 1.38 bits per heavy atom. The molecule has 0 radical (unpaired) electrons. The summed E-state index contributed by atoms with van der Waals surface area (Å²) >= 11 is 7.29. The molecule has 3 saturated heterocycles. The molecule has 2 bridgehead atoms. The Morgan fingerprint density at radius 3 is 1.97 bits per heavy atom. The minimum absolute atomic E-state index is 0.0216. The number of hydrogen-bond donors (Lipinski definition) is 0. The molecule has 3 aliphatic rings. The zero-order valence-corrected chi connectivity index (χ0v) is 41.9. The van der Waals surface area contributed by atoms with E-state index >= 15 is 0 Å². The molecular formula is C60H59ClN4O3Si. The molecule has 7 nitrogen and oxygen atoms in total. The first-order chi connectivity index (χ1) is 33.3. The summed E-state index contributed by atoms with van der Waals surface area (Å²) in [4.78, 5) is 14.9. The molecule has 0 spiro atoms. The van der Waals surface area contributed by atoms with Crippen LogP contribution in [0.25, 0.3) is 55.7 Å². The second-order valence-corrected chi connectivity index (χ2v) is 25.6. The molecule has 69 heavy (non-hydrogen) atoms. The highest BCUT2D eigenvalue weighted by atomic mass is 35.5. The number of benzene rings is 6. The average Bonchev–Trinajstić information content (AvgIpc) is 3.36. The van der Waals surface area contributed by atoms with Crippen molar-refractivity contribution in [1.82, 2.24) is 15.0 Å². The standard InChI is InChI=1S/C60H59ClN4O3Si/c1-7-41-39-65(38-40-34-49(42-20-12-8-13-21-42)55(68-69(5,6)60(2,3)4)50(35-40)43-22-14-9-15-23-43)33-31-46(41)36-53(65)56(48-30-32-62-52-29-28-47(66)37-51(48)52)67-59-54(44-24-16-10-17-25-44)57(61)63-58(64-59)45-26-18-11-19-27-45/h7-30,32,34-35,37,41,46,53,56H,1,31,33,36,38-39H2,2-6H3/t41?,46?,53?,56-,65?/m0/s1.